The largest absolute Gasteiger partial charge is 0.385 e. The average Bonchev–Trinajstić information content (AvgIpc) is 2.55. The number of hydrogen-bond acceptors (Lipinski definition) is 2. The summed E-state index contributed by atoms with van der Waals surface area (Å²) < 4.78 is 0. The maximum Gasteiger partial charge on any atom is 0.105 e. The van der Waals surface area contributed by atoms with E-state index in [4.69, 9.17) is 5.73 Å². The van der Waals surface area contributed by atoms with Gasteiger partial charge < -0.3 is 16.0 Å². The van der Waals surface area contributed by atoms with Crippen molar-refractivity contribution in [3.63, 3.8) is 0 Å². The first-order valence-corrected chi connectivity index (χ1v) is 4.04. The molecule has 1 unspecified atom stereocenters. The number of anilines is 1. The van der Waals surface area contributed by atoms with Gasteiger partial charge in [0.1, 0.15) is 5.82 Å². The van der Waals surface area contributed by atoms with Gasteiger partial charge in [0.05, 0.1) is 0 Å². The van der Waals surface area contributed by atoms with E-state index < -0.39 is 0 Å². The van der Waals surface area contributed by atoms with Crippen LogP contribution in [0.1, 0.15) is 24.4 Å². The minimum Gasteiger partial charge on any atom is -0.385 e. The molecule has 1 aromatic rings. The van der Waals surface area contributed by atoms with Crippen molar-refractivity contribution in [2.75, 3.05) is 12.3 Å². The predicted octanol–water partition coefficient (Wildman–Crippen LogP) is 1.02. The first-order chi connectivity index (χ1) is 5.38. The summed E-state index contributed by atoms with van der Waals surface area (Å²) in [6.07, 6.45) is 4.36. The highest BCUT2D eigenvalue weighted by Crippen LogP contribution is 2.26. The van der Waals surface area contributed by atoms with Crippen molar-refractivity contribution in [2.24, 2.45) is 0 Å². The van der Waals surface area contributed by atoms with Crippen molar-refractivity contribution in [1.29, 1.82) is 0 Å². The van der Waals surface area contributed by atoms with Gasteiger partial charge >= 0.3 is 0 Å². The van der Waals surface area contributed by atoms with Gasteiger partial charge in [0.25, 0.3) is 0 Å². The summed E-state index contributed by atoms with van der Waals surface area (Å²) in [7, 11) is 0. The quantitative estimate of drug-likeness (QED) is 0.561. The summed E-state index contributed by atoms with van der Waals surface area (Å²) in [5.74, 6) is 0.810. The van der Waals surface area contributed by atoms with E-state index in [0.717, 1.165) is 12.4 Å². The zero-order valence-corrected chi connectivity index (χ0v) is 6.43. The van der Waals surface area contributed by atoms with E-state index in [0.29, 0.717) is 6.04 Å². The maximum atomic E-state index is 5.72. The number of nitrogen functional groups attached to an aromatic ring is 1. The Morgan fingerprint density at radius 2 is 2.45 bits per heavy atom. The molecule has 1 atom stereocenters. The Bertz CT molecular complexity index is 235. The van der Waals surface area contributed by atoms with Crippen LogP contribution in [0.2, 0.25) is 0 Å². The second-order valence-electron chi connectivity index (χ2n) is 3.00. The fourth-order valence-electron chi connectivity index (χ4n) is 1.65. The summed E-state index contributed by atoms with van der Waals surface area (Å²) in [6, 6.07) is 2.54. The highest BCUT2D eigenvalue weighted by molar-refractivity contribution is 5.42. The fourth-order valence-corrected chi connectivity index (χ4v) is 1.65. The van der Waals surface area contributed by atoms with Crippen molar-refractivity contribution in [3.05, 3.63) is 17.8 Å². The molecule has 0 radical (unpaired) electrons. The van der Waals surface area contributed by atoms with E-state index >= 15 is 0 Å². The lowest BCUT2D eigenvalue weighted by molar-refractivity contribution is 0.651. The number of aromatic amines is 1. The molecule has 3 nitrogen and oxygen atoms in total. The number of nitrogens with two attached hydrogens (primary N) is 1. The van der Waals surface area contributed by atoms with Gasteiger partial charge in [0.2, 0.25) is 0 Å². The van der Waals surface area contributed by atoms with Crippen LogP contribution in [-0.4, -0.2) is 11.5 Å². The Balaban J connectivity index is 2.21. The molecule has 0 amide bonds. The molecule has 1 aliphatic rings. The Morgan fingerprint density at radius 3 is 3.00 bits per heavy atom. The van der Waals surface area contributed by atoms with Crippen LogP contribution in [0.15, 0.2) is 12.3 Å². The lowest BCUT2D eigenvalue weighted by atomic mass is 10.1. The Morgan fingerprint density at radius 1 is 1.55 bits per heavy atom. The van der Waals surface area contributed by atoms with Crippen LogP contribution >= 0.6 is 0 Å². The highest BCUT2D eigenvalue weighted by Gasteiger charge is 2.18. The first kappa shape index (κ1) is 6.73. The summed E-state index contributed by atoms with van der Waals surface area (Å²) in [5.41, 5.74) is 6.95. The SMILES string of the molecule is Nc1[nH]ccc1C1CCCN1. The lowest BCUT2D eigenvalue weighted by Gasteiger charge is -2.08. The fraction of sp³-hybridized carbons (Fsp3) is 0.500. The van der Waals surface area contributed by atoms with Gasteiger partial charge in [0.15, 0.2) is 0 Å². The molecular weight excluding hydrogens is 138 g/mol. The van der Waals surface area contributed by atoms with Crippen molar-refractivity contribution in [1.82, 2.24) is 10.3 Å². The van der Waals surface area contributed by atoms with Crippen molar-refractivity contribution in [2.45, 2.75) is 18.9 Å². The minimum absolute atomic E-state index is 0.487. The van der Waals surface area contributed by atoms with Gasteiger partial charge in [-0.25, -0.2) is 0 Å². The monoisotopic (exact) mass is 151 g/mol. The Labute approximate surface area is 66.0 Å². The lowest BCUT2D eigenvalue weighted by Crippen LogP contribution is -2.13. The zero-order valence-electron chi connectivity index (χ0n) is 6.43. The number of hydrogen-bond donors (Lipinski definition) is 3. The second-order valence-corrected chi connectivity index (χ2v) is 3.00. The molecule has 0 aromatic carbocycles. The summed E-state index contributed by atoms with van der Waals surface area (Å²) in [5, 5.41) is 3.40. The maximum absolute atomic E-state index is 5.72. The van der Waals surface area contributed by atoms with Gasteiger partial charge in [-0.2, -0.15) is 0 Å². The molecule has 0 saturated carbocycles. The molecule has 60 valence electrons. The Kier molecular flexibility index (Phi) is 1.58. The van der Waals surface area contributed by atoms with E-state index in [1.807, 2.05) is 6.20 Å². The second kappa shape index (κ2) is 2.58. The van der Waals surface area contributed by atoms with E-state index in [-0.39, 0.29) is 0 Å². The summed E-state index contributed by atoms with van der Waals surface area (Å²) in [4.78, 5) is 2.98. The van der Waals surface area contributed by atoms with Gasteiger partial charge in [-0.15, -0.1) is 0 Å². The molecule has 1 aromatic heterocycles. The molecule has 0 bridgehead atoms. The third-order valence-electron chi connectivity index (χ3n) is 2.25. The molecule has 1 fully saturated rings. The van der Waals surface area contributed by atoms with Crippen molar-refractivity contribution >= 4 is 5.82 Å². The number of nitrogens with one attached hydrogen (secondary N) is 2. The van der Waals surface area contributed by atoms with Crippen LogP contribution in [-0.2, 0) is 0 Å². The van der Waals surface area contributed by atoms with Crippen molar-refractivity contribution < 1.29 is 0 Å². The number of aromatic nitrogens is 1. The van der Waals surface area contributed by atoms with E-state index in [1.165, 1.54) is 18.4 Å². The smallest absolute Gasteiger partial charge is 0.105 e. The molecule has 2 rings (SSSR count). The molecule has 4 N–H and O–H groups in total. The number of H-pyrrole nitrogens is 1. The van der Waals surface area contributed by atoms with Crippen molar-refractivity contribution in [3.8, 4) is 0 Å². The highest BCUT2D eigenvalue weighted by atomic mass is 15.0. The van der Waals surface area contributed by atoms with Crippen LogP contribution in [0.4, 0.5) is 5.82 Å². The number of rotatable bonds is 1. The summed E-state index contributed by atoms with van der Waals surface area (Å²) >= 11 is 0. The third kappa shape index (κ3) is 1.12. The van der Waals surface area contributed by atoms with Gasteiger partial charge in [-0.05, 0) is 25.5 Å². The first-order valence-electron chi connectivity index (χ1n) is 4.04. The molecule has 3 heteroatoms. The molecular formula is C8H13N3. The third-order valence-corrected chi connectivity index (χ3v) is 2.25. The molecule has 0 spiro atoms. The van der Waals surface area contributed by atoms with Crippen LogP contribution in [0.3, 0.4) is 0 Å². The average molecular weight is 151 g/mol. The van der Waals surface area contributed by atoms with E-state index in [9.17, 15) is 0 Å². The normalized spacial score (nSPS) is 24.2. The minimum atomic E-state index is 0.487. The van der Waals surface area contributed by atoms with Crippen LogP contribution in [0.5, 0.6) is 0 Å². The van der Waals surface area contributed by atoms with Crippen LogP contribution in [0.25, 0.3) is 0 Å². The summed E-state index contributed by atoms with van der Waals surface area (Å²) in [6.45, 7) is 1.12. The standard InChI is InChI=1S/C8H13N3/c9-8-6(3-5-11-8)7-2-1-4-10-7/h3,5,7,10-11H,1-2,4,9H2. The van der Waals surface area contributed by atoms with E-state index in [2.05, 4.69) is 16.4 Å². The topological polar surface area (TPSA) is 53.8 Å². The van der Waals surface area contributed by atoms with Crippen LogP contribution in [0, 0.1) is 0 Å². The molecule has 11 heavy (non-hydrogen) atoms. The van der Waals surface area contributed by atoms with Gasteiger partial charge in [0, 0.05) is 17.8 Å². The van der Waals surface area contributed by atoms with Crippen LogP contribution < -0.4 is 11.1 Å². The van der Waals surface area contributed by atoms with E-state index in [1.54, 1.807) is 0 Å². The molecule has 0 aliphatic carbocycles. The molecule has 1 saturated heterocycles. The molecule has 2 heterocycles. The van der Waals surface area contributed by atoms with Gasteiger partial charge in [-0.1, -0.05) is 0 Å². The predicted molar refractivity (Wildman–Crippen MR) is 45.2 cm³/mol. The Hall–Kier alpha value is -0.960. The zero-order chi connectivity index (χ0) is 7.68. The van der Waals surface area contributed by atoms with Gasteiger partial charge in [-0.3, -0.25) is 0 Å². The molecule has 1 aliphatic heterocycles.